The SMILES string of the molecule is C=CCC(=O)C[C@@H]1CC[C@H](C(C)C)N1S(=O)(=O)c1ccc(C)cc1. The zero-order valence-electron chi connectivity index (χ0n) is 14.7. The van der Waals surface area contributed by atoms with E-state index in [1.807, 2.05) is 32.9 Å². The van der Waals surface area contributed by atoms with Crippen LogP contribution in [0.3, 0.4) is 0 Å². The van der Waals surface area contributed by atoms with Crippen molar-refractivity contribution < 1.29 is 13.2 Å². The van der Waals surface area contributed by atoms with Crippen LogP contribution in [0.2, 0.25) is 0 Å². The fourth-order valence-corrected chi connectivity index (χ4v) is 5.42. The molecule has 1 aliphatic heterocycles. The highest BCUT2D eigenvalue weighted by atomic mass is 32.2. The van der Waals surface area contributed by atoms with E-state index in [9.17, 15) is 13.2 Å². The van der Waals surface area contributed by atoms with Gasteiger partial charge in [-0.3, -0.25) is 4.79 Å². The van der Waals surface area contributed by atoms with Gasteiger partial charge in [-0.1, -0.05) is 37.6 Å². The molecule has 0 amide bonds. The Kier molecular flexibility index (Phi) is 5.99. The Morgan fingerprint density at radius 3 is 2.46 bits per heavy atom. The van der Waals surface area contributed by atoms with E-state index in [1.54, 1.807) is 22.5 Å². The molecule has 0 aromatic heterocycles. The minimum Gasteiger partial charge on any atom is -0.299 e. The summed E-state index contributed by atoms with van der Waals surface area (Å²) in [6, 6.07) is 6.62. The predicted molar refractivity (Wildman–Crippen MR) is 96.3 cm³/mol. The Labute approximate surface area is 145 Å². The van der Waals surface area contributed by atoms with Crippen molar-refractivity contribution in [1.82, 2.24) is 4.31 Å². The molecule has 1 fully saturated rings. The molecule has 4 nitrogen and oxygen atoms in total. The van der Waals surface area contributed by atoms with Crippen LogP contribution in [0.5, 0.6) is 0 Å². The number of hydrogen-bond donors (Lipinski definition) is 0. The van der Waals surface area contributed by atoms with Gasteiger partial charge in [0.2, 0.25) is 10.0 Å². The third-order valence-corrected chi connectivity index (χ3v) is 6.68. The Balaban J connectivity index is 2.36. The molecular weight excluding hydrogens is 322 g/mol. The number of Topliss-reactive ketones (excluding diaryl/α,β-unsaturated/α-hetero) is 1. The van der Waals surface area contributed by atoms with Crippen LogP contribution in [0.1, 0.15) is 45.1 Å². The summed E-state index contributed by atoms with van der Waals surface area (Å²) in [6.45, 7) is 9.60. The van der Waals surface area contributed by atoms with Crippen LogP contribution < -0.4 is 0 Å². The Morgan fingerprint density at radius 1 is 1.29 bits per heavy atom. The summed E-state index contributed by atoms with van der Waals surface area (Å²) in [5.41, 5.74) is 1.02. The standard InChI is InChI=1S/C19H27NO3S/c1-5-6-17(21)13-16-9-12-19(14(2)3)20(16)24(22,23)18-10-7-15(4)8-11-18/h5,7-8,10-11,14,16,19H,1,6,9,12-13H2,2-4H3/t16-,19+/m0/s1. The van der Waals surface area contributed by atoms with Crippen molar-refractivity contribution in [3.8, 4) is 0 Å². The largest absolute Gasteiger partial charge is 0.299 e. The summed E-state index contributed by atoms with van der Waals surface area (Å²) in [6.07, 6.45) is 3.67. The van der Waals surface area contributed by atoms with Gasteiger partial charge in [0.15, 0.2) is 0 Å². The van der Waals surface area contributed by atoms with E-state index in [1.165, 1.54) is 0 Å². The highest BCUT2D eigenvalue weighted by Gasteiger charge is 2.43. The van der Waals surface area contributed by atoms with Crippen molar-refractivity contribution in [2.45, 2.75) is 63.4 Å². The zero-order chi connectivity index (χ0) is 17.9. The summed E-state index contributed by atoms with van der Waals surface area (Å²) in [4.78, 5) is 12.3. The molecule has 0 saturated carbocycles. The first-order valence-electron chi connectivity index (χ1n) is 8.50. The van der Waals surface area contributed by atoms with Crippen LogP contribution in [-0.2, 0) is 14.8 Å². The molecule has 1 aromatic carbocycles. The van der Waals surface area contributed by atoms with Gasteiger partial charge in [-0.2, -0.15) is 4.31 Å². The summed E-state index contributed by atoms with van der Waals surface area (Å²) in [7, 11) is -3.60. The summed E-state index contributed by atoms with van der Waals surface area (Å²) in [5.74, 6) is 0.258. The van der Waals surface area contributed by atoms with Crippen molar-refractivity contribution >= 4 is 15.8 Å². The van der Waals surface area contributed by atoms with Gasteiger partial charge in [0.25, 0.3) is 0 Å². The van der Waals surface area contributed by atoms with Crippen LogP contribution in [0, 0.1) is 12.8 Å². The number of carbonyl (C=O) groups is 1. The number of benzene rings is 1. The Hall–Kier alpha value is -1.46. The quantitative estimate of drug-likeness (QED) is 0.705. The molecule has 132 valence electrons. The number of nitrogens with zero attached hydrogens (tertiary/aromatic N) is 1. The fraction of sp³-hybridized carbons (Fsp3) is 0.526. The van der Waals surface area contributed by atoms with Crippen LogP contribution in [0.25, 0.3) is 0 Å². The molecule has 24 heavy (non-hydrogen) atoms. The maximum absolute atomic E-state index is 13.2. The second kappa shape index (κ2) is 7.62. The van der Waals surface area contributed by atoms with E-state index in [4.69, 9.17) is 0 Å². The topological polar surface area (TPSA) is 54.5 Å². The monoisotopic (exact) mass is 349 g/mol. The van der Waals surface area contributed by atoms with Gasteiger partial charge in [0.05, 0.1) is 4.90 Å². The summed E-state index contributed by atoms with van der Waals surface area (Å²) in [5, 5.41) is 0. The van der Waals surface area contributed by atoms with E-state index in [-0.39, 0.29) is 30.2 Å². The molecule has 0 unspecified atom stereocenters. The van der Waals surface area contributed by atoms with Crippen molar-refractivity contribution in [3.63, 3.8) is 0 Å². The molecule has 0 bridgehead atoms. The van der Waals surface area contributed by atoms with Gasteiger partial charge in [-0.15, -0.1) is 6.58 Å². The number of aryl methyl sites for hydroxylation is 1. The Bertz CT molecular complexity index is 692. The van der Waals surface area contributed by atoms with Gasteiger partial charge >= 0.3 is 0 Å². The third-order valence-electron chi connectivity index (χ3n) is 4.68. The van der Waals surface area contributed by atoms with Crippen LogP contribution in [-0.4, -0.2) is 30.6 Å². The van der Waals surface area contributed by atoms with Gasteiger partial charge in [0.1, 0.15) is 5.78 Å². The van der Waals surface area contributed by atoms with E-state index in [0.717, 1.165) is 18.4 Å². The lowest BCUT2D eigenvalue weighted by Gasteiger charge is -2.31. The van der Waals surface area contributed by atoms with Gasteiger partial charge < -0.3 is 0 Å². The molecule has 2 rings (SSSR count). The maximum Gasteiger partial charge on any atom is 0.243 e. The lowest BCUT2D eigenvalue weighted by atomic mass is 10.0. The fourth-order valence-electron chi connectivity index (χ4n) is 3.42. The molecule has 0 radical (unpaired) electrons. The first-order valence-corrected chi connectivity index (χ1v) is 9.94. The lowest BCUT2D eigenvalue weighted by molar-refractivity contribution is -0.119. The number of hydrogen-bond acceptors (Lipinski definition) is 3. The molecule has 0 aliphatic carbocycles. The van der Waals surface area contributed by atoms with Gasteiger partial charge in [-0.25, -0.2) is 8.42 Å². The average molecular weight is 349 g/mol. The molecule has 1 saturated heterocycles. The van der Waals surface area contributed by atoms with Gasteiger partial charge in [-0.05, 0) is 37.8 Å². The van der Waals surface area contributed by atoms with Crippen LogP contribution in [0.15, 0.2) is 41.8 Å². The normalized spacial score (nSPS) is 22.0. The van der Waals surface area contributed by atoms with Crippen LogP contribution >= 0.6 is 0 Å². The number of ketones is 1. The van der Waals surface area contributed by atoms with Crippen LogP contribution in [0.4, 0.5) is 0 Å². The highest BCUT2D eigenvalue weighted by Crippen LogP contribution is 2.36. The summed E-state index contributed by atoms with van der Waals surface area (Å²) < 4.78 is 28.0. The van der Waals surface area contributed by atoms with Crippen molar-refractivity contribution in [2.24, 2.45) is 5.92 Å². The lowest BCUT2D eigenvalue weighted by Crippen LogP contribution is -2.44. The maximum atomic E-state index is 13.2. The van der Waals surface area contributed by atoms with Crippen molar-refractivity contribution in [3.05, 3.63) is 42.5 Å². The molecule has 1 aliphatic rings. The molecule has 0 N–H and O–H groups in total. The first kappa shape index (κ1) is 18.9. The second-order valence-corrected chi connectivity index (χ2v) is 8.77. The molecule has 1 heterocycles. The van der Waals surface area contributed by atoms with Crippen molar-refractivity contribution in [1.29, 1.82) is 0 Å². The second-order valence-electron chi connectivity index (χ2n) is 6.93. The zero-order valence-corrected chi connectivity index (χ0v) is 15.6. The molecule has 0 spiro atoms. The third kappa shape index (κ3) is 3.95. The van der Waals surface area contributed by atoms with Gasteiger partial charge in [0, 0.05) is 24.9 Å². The van der Waals surface area contributed by atoms with E-state index in [2.05, 4.69) is 6.58 Å². The van der Waals surface area contributed by atoms with E-state index >= 15 is 0 Å². The number of rotatable bonds is 7. The van der Waals surface area contributed by atoms with Crippen molar-refractivity contribution in [2.75, 3.05) is 0 Å². The molecule has 2 atom stereocenters. The predicted octanol–water partition coefficient (Wildman–Crippen LogP) is 3.71. The molecule has 5 heteroatoms. The minimum atomic E-state index is -3.60. The smallest absolute Gasteiger partial charge is 0.243 e. The summed E-state index contributed by atoms with van der Waals surface area (Å²) >= 11 is 0. The van der Waals surface area contributed by atoms with E-state index < -0.39 is 10.0 Å². The van der Waals surface area contributed by atoms with E-state index in [0.29, 0.717) is 11.3 Å². The Morgan fingerprint density at radius 2 is 1.92 bits per heavy atom. The molecular formula is C19H27NO3S. The minimum absolute atomic E-state index is 0.0449. The molecule has 1 aromatic rings. The number of sulfonamides is 1. The highest BCUT2D eigenvalue weighted by molar-refractivity contribution is 7.89. The first-order chi connectivity index (χ1) is 11.3. The average Bonchev–Trinajstić information content (AvgIpc) is 2.92. The number of carbonyl (C=O) groups excluding carboxylic acids is 1. The number of allylic oxidation sites excluding steroid dienone is 1.